The first kappa shape index (κ1) is 21.4. The van der Waals surface area contributed by atoms with E-state index in [1.165, 1.54) is 5.56 Å². The molecular weight excluding hydrogens is 302 g/mol. The Labute approximate surface area is 127 Å². The molecule has 0 aliphatic rings. The lowest BCUT2D eigenvalue weighted by molar-refractivity contribution is -0.895. The quantitative estimate of drug-likeness (QED) is 0.441. The predicted octanol–water partition coefficient (Wildman–Crippen LogP) is -0.940. The van der Waals surface area contributed by atoms with Gasteiger partial charge in [0.2, 0.25) is 0 Å². The number of hydrogen-bond donors (Lipinski definition) is 1. The van der Waals surface area contributed by atoms with Crippen LogP contribution in [0.3, 0.4) is 0 Å². The molecule has 1 unspecified atom stereocenters. The summed E-state index contributed by atoms with van der Waals surface area (Å²) in [6.45, 7) is 3.89. The van der Waals surface area contributed by atoms with E-state index in [0.717, 1.165) is 11.6 Å². The van der Waals surface area contributed by atoms with Crippen LogP contribution in [0, 0.1) is 0 Å². The first-order valence-corrected chi connectivity index (χ1v) is 7.00. The van der Waals surface area contributed by atoms with Crippen molar-refractivity contribution in [1.82, 2.24) is 0 Å². The highest BCUT2D eigenvalue weighted by atomic mass is 35.5. The van der Waals surface area contributed by atoms with E-state index >= 15 is 0 Å². The summed E-state index contributed by atoms with van der Waals surface area (Å²) in [5, 5.41) is 0. The van der Waals surface area contributed by atoms with E-state index < -0.39 is 10.4 Å². The van der Waals surface area contributed by atoms with Crippen molar-refractivity contribution in [3.05, 3.63) is 48.6 Å². The summed E-state index contributed by atoms with van der Waals surface area (Å²) in [4.78, 5) is 0. The Balaban J connectivity index is 0. The van der Waals surface area contributed by atoms with Crippen LogP contribution in [-0.4, -0.2) is 45.7 Å². The Morgan fingerprint density at radius 2 is 1.65 bits per heavy atom. The minimum atomic E-state index is -4.16. The van der Waals surface area contributed by atoms with Crippen LogP contribution >= 0.6 is 0 Å². The standard InChI is InChI=1S/C12H18N.CH4O4S.ClH/c1-5-12(13(2,3)4)11-9-7-6-8-10-11;1-5-6(2,3)4;/h5-10,12H,1H2,2-4H3;1H3,(H,2,3,4);1H/q+1;;/p-1. The second kappa shape index (κ2) is 9.10. The Morgan fingerprint density at radius 3 is 1.90 bits per heavy atom. The fraction of sp³-hybridized carbons (Fsp3) is 0.385. The largest absolute Gasteiger partial charge is 1.00 e. The molecule has 7 heteroatoms. The van der Waals surface area contributed by atoms with Crippen molar-refractivity contribution < 1.29 is 34.0 Å². The van der Waals surface area contributed by atoms with E-state index in [-0.39, 0.29) is 12.4 Å². The van der Waals surface area contributed by atoms with Gasteiger partial charge in [0.15, 0.2) is 0 Å². The van der Waals surface area contributed by atoms with Gasteiger partial charge in [0.05, 0.1) is 28.3 Å². The molecule has 0 radical (unpaired) electrons. The van der Waals surface area contributed by atoms with Crippen LogP contribution in [0.5, 0.6) is 0 Å². The number of quaternary nitrogens is 1. The highest BCUT2D eigenvalue weighted by molar-refractivity contribution is 7.80. The van der Waals surface area contributed by atoms with Crippen molar-refractivity contribution in [3.8, 4) is 0 Å². The minimum Gasteiger partial charge on any atom is -1.00 e. The summed E-state index contributed by atoms with van der Waals surface area (Å²) >= 11 is 0. The molecule has 0 saturated heterocycles. The van der Waals surface area contributed by atoms with Gasteiger partial charge in [-0.3, -0.25) is 8.74 Å². The molecule has 0 saturated carbocycles. The molecule has 1 rings (SSSR count). The Bertz CT molecular complexity index is 483. The van der Waals surface area contributed by atoms with Gasteiger partial charge in [-0.25, -0.2) is 0 Å². The zero-order valence-corrected chi connectivity index (χ0v) is 13.7. The van der Waals surface area contributed by atoms with Crippen molar-refractivity contribution in [2.45, 2.75) is 6.04 Å². The summed E-state index contributed by atoms with van der Waals surface area (Å²) in [6.07, 6.45) is 2.01. The number of likely N-dealkylation sites (N-methyl/N-ethyl adjacent to an activating group) is 1. The first-order chi connectivity index (χ1) is 8.61. The molecule has 5 nitrogen and oxygen atoms in total. The van der Waals surface area contributed by atoms with Gasteiger partial charge in [-0.05, 0) is 6.08 Å². The molecule has 0 fully saturated rings. The zero-order chi connectivity index (χ0) is 15.1. The van der Waals surface area contributed by atoms with Crippen molar-refractivity contribution in [3.63, 3.8) is 0 Å². The Hall–Kier alpha value is -0.920. The summed E-state index contributed by atoms with van der Waals surface area (Å²) in [5.74, 6) is 0. The molecule has 1 atom stereocenters. The first-order valence-electron chi connectivity index (χ1n) is 5.63. The van der Waals surface area contributed by atoms with Crippen LogP contribution in [0.1, 0.15) is 11.6 Å². The summed E-state index contributed by atoms with van der Waals surface area (Å²) in [6, 6.07) is 10.9. The second-order valence-electron chi connectivity index (χ2n) is 4.80. The molecule has 0 aliphatic carbocycles. The molecule has 1 aromatic carbocycles. The maximum absolute atomic E-state index is 9.33. The highest BCUT2D eigenvalue weighted by Gasteiger charge is 2.21. The van der Waals surface area contributed by atoms with E-state index in [9.17, 15) is 8.42 Å². The van der Waals surface area contributed by atoms with Crippen LogP contribution in [-0.2, 0) is 14.6 Å². The normalized spacial score (nSPS) is 12.4. The topological polar surface area (TPSA) is 63.6 Å². The van der Waals surface area contributed by atoms with Crippen molar-refractivity contribution in [1.29, 1.82) is 0 Å². The van der Waals surface area contributed by atoms with Gasteiger partial charge in [0, 0.05) is 5.56 Å². The van der Waals surface area contributed by atoms with Gasteiger partial charge in [-0.2, -0.15) is 8.42 Å². The molecule has 1 aromatic rings. The molecule has 0 amide bonds. The maximum atomic E-state index is 9.33. The van der Waals surface area contributed by atoms with E-state index in [1.54, 1.807) is 0 Å². The second-order valence-corrected chi connectivity index (χ2v) is 5.99. The summed E-state index contributed by atoms with van der Waals surface area (Å²) in [7, 11) is 3.25. The van der Waals surface area contributed by atoms with Crippen LogP contribution < -0.4 is 12.4 Å². The third-order valence-electron chi connectivity index (χ3n) is 2.41. The lowest BCUT2D eigenvalue weighted by Crippen LogP contribution is -3.00. The lowest BCUT2D eigenvalue weighted by Gasteiger charge is -2.32. The summed E-state index contributed by atoms with van der Waals surface area (Å²) in [5.41, 5.74) is 1.32. The number of nitrogens with zero attached hydrogens (tertiary/aromatic N) is 1. The van der Waals surface area contributed by atoms with E-state index in [4.69, 9.17) is 4.55 Å². The summed E-state index contributed by atoms with van der Waals surface area (Å²) < 4.78 is 30.6. The lowest BCUT2D eigenvalue weighted by atomic mass is 10.1. The smallest absolute Gasteiger partial charge is 0.397 e. The van der Waals surface area contributed by atoms with Crippen LogP contribution in [0.2, 0.25) is 0 Å². The van der Waals surface area contributed by atoms with Crippen LogP contribution in [0.4, 0.5) is 0 Å². The molecule has 20 heavy (non-hydrogen) atoms. The average Bonchev–Trinajstić information content (AvgIpc) is 2.29. The molecule has 0 heterocycles. The maximum Gasteiger partial charge on any atom is 0.397 e. The molecule has 1 N–H and O–H groups in total. The molecular formula is C13H22ClNO4S. The number of benzene rings is 1. The zero-order valence-electron chi connectivity index (χ0n) is 12.2. The molecule has 0 spiro atoms. The van der Waals surface area contributed by atoms with E-state index in [0.29, 0.717) is 6.04 Å². The Morgan fingerprint density at radius 1 is 1.25 bits per heavy atom. The van der Waals surface area contributed by atoms with Crippen LogP contribution in [0.15, 0.2) is 43.0 Å². The number of rotatable bonds is 4. The minimum absolute atomic E-state index is 0. The van der Waals surface area contributed by atoms with Gasteiger partial charge in [0.1, 0.15) is 6.04 Å². The van der Waals surface area contributed by atoms with Crippen molar-refractivity contribution in [2.75, 3.05) is 28.3 Å². The van der Waals surface area contributed by atoms with Gasteiger partial charge in [0.25, 0.3) is 0 Å². The van der Waals surface area contributed by atoms with Crippen molar-refractivity contribution >= 4 is 10.4 Å². The third kappa shape index (κ3) is 9.06. The number of hydrogen-bond acceptors (Lipinski definition) is 3. The fourth-order valence-electron chi connectivity index (χ4n) is 1.55. The van der Waals surface area contributed by atoms with Gasteiger partial charge in [-0.1, -0.05) is 36.9 Å². The van der Waals surface area contributed by atoms with Gasteiger partial charge in [-0.15, -0.1) is 0 Å². The van der Waals surface area contributed by atoms with Crippen molar-refractivity contribution in [2.24, 2.45) is 0 Å². The molecule has 0 aromatic heterocycles. The molecule has 0 aliphatic heterocycles. The fourth-order valence-corrected chi connectivity index (χ4v) is 1.55. The number of halogens is 1. The SMILES string of the molecule is C=CC(c1ccccc1)[N+](C)(C)C.COS(=O)(=O)O.[Cl-]. The average molecular weight is 324 g/mol. The highest BCUT2D eigenvalue weighted by Crippen LogP contribution is 2.23. The monoisotopic (exact) mass is 323 g/mol. The molecule has 116 valence electrons. The van der Waals surface area contributed by atoms with Crippen LogP contribution in [0.25, 0.3) is 0 Å². The third-order valence-corrected chi connectivity index (χ3v) is 2.83. The predicted molar refractivity (Wildman–Crippen MR) is 76.0 cm³/mol. The Kier molecular flexibility index (Phi) is 9.72. The van der Waals surface area contributed by atoms with E-state index in [1.807, 2.05) is 12.1 Å². The van der Waals surface area contributed by atoms with Gasteiger partial charge < -0.3 is 16.9 Å². The van der Waals surface area contributed by atoms with E-state index in [2.05, 4.69) is 56.2 Å². The molecule has 0 bridgehead atoms. The van der Waals surface area contributed by atoms with Gasteiger partial charge >= 0.3 is 10.4 Å².